The number of amides is 1. The molecular formula is C6H9NO3. The first-order chi connectivity index (χ1) is 4.63. The molecule has 4 heteroatoms. The van der Waals surface area contributed by atoms with Crippen LogP contribution in [-0.2, 0) is 4.79 Å². The van der Waals surface area contributed by atoms with E-state index in [4.69, 9.17) is 10.2 Å². The molecule has 0 aromatic rings. The molecule has 0 saturated carbocycles. The SMILES string of the molecule is CN1CCC(=C(O)O)C1=O. The Morgan fingerprint density at radius 1 is 1.60 bits per heavy atom. The van der Waals surface area contributed by atoms with E-state index in [0.717, 1.165) is 0 Å². The van der Waals surface area contributed by atoms with Crippen LogP contribution in [0.25, 0.3) is 0 Å². The van der Waals surface area contributed by atoms with Gasteiger partial charge in [-0.3, -0.25) is 4.79 Å². The van der Waals surface area contributed by atoms with Gasteiger partial charge < -0.3 is 15.1 Å². The fourth-order valence-corrected chi connectivity index (χ4v) is 0.926. The van der Waals surface area contributed by atoms with Crippen LogP contribution in [0.1, 0.15) is 6.42 Å². The molecule has 0 aromatic heterocycles. The minimum Gasteiger partial charge on any atom is -0.481 e. The molecule has 1 saturated heterocycles. The van der Waals surface area contributed by atoms with Gasteiger partial charge in [0.25, 0.3) is 11.9 Å². The second-order valence-electron chi connectivity index (χ2n) is 2.28. The van der Waals surface area contributed by atoms with E-state index in [1.165, 1.54) is 4.90 Å². The van der Waals surface area contributed by atoms with Crippen LogP contribution in [0.15, 0.2) is 11.5 Å². The number of likely N-dealkylation sites (tertiary alicyclic amines) is 1. The highest BCUT2D eigenvalue weighted by Crippen LogP contribution is 2.16. The summed E-state index contributed by atoms with van der Waals surface area (Å²) in [6.07, 6.45) is 0.428. The maximum absolute atomic E-state index is 10.9. The molecule has 2 N–H and O–H groups in total. The molecule has 4 nitrogen and oxygen atoms in total. The van der Waals surface area contributed by atoms with Crippen LogP contribution in [0.4, 0.5) is 0 Å². The lowest BCUT2D eigenvalue weighted by Crippen LogP contribution is -2.19. The number of aliphatic hydroxyl groups is 2. The maximum Gasteiger partial charge on any atom is 0.283 e. The molecule has 1 rings (SSSR count). The number of nitrogens with zero attached hydrogens (tertiary/aromatic N) is 1. The first-order valence-electron chi connectivity index (χ1n) is 2.99. The van der Waals surface area contributed by atoms with E-state index in [9.17, 15) is 4.79 Å². The smallest absolute Gasteiger partial charge is 0.283 e. The van der Waals surface area contributed by atoms with Gasteiger partial charge in [-0.1, -0.05) is 0 Å². The van der Waals surface area contributed by atoms with E-state index in [1.54, 1.807) is 7.05 Å². The van der Waals surface area contributed by atoms with Crippen molar-refractivity contribution in [3.05, 3.63) is 11.5 Å². The third kappa shape index (κ3) is 0.920. The van der Waals surface area contributed by atoms with Crippen molar-refractivity contribution in [2.45, 2.75) is 6.42 Å². The number of carbonyl (C=O) groups is 1. The largest absolute Gasteiger partial charge is 0.481 e. The minimum absolute atomic E-state index is 0.113. The van der Waals surface area contributed by atoms with Gasteiger partial charge in [0.05, 0.1) is 5.57 Å². The molecule has 1 heterocycles. The van der Waals surface area contributed by atoms with E-state index < -0.39 is 5.95 Å². The highest BCUT2D eigenvalue weighted by Gasteiger charge is 2.26. The second kappa shape index (κ2) is 2.21. The fourth-order valence-electron chi connectivity index (χ4n) is 0.926. The van der Waals surface area contributed by atoms with Crippen molar-refractivity contribution in [3.8, 4) is 0 Å². The summed E-state index contributed by atoms with van der Waals surface area (Å²) < 4.78 is 0. The molecular weight excluding hydrogens is 134 g/mol. The Morgan fingerprint density at radius 3 is 2.40 bits per heavy atom. The summed E-state index contributed by atoms with van der Waals surface area (Å²) in [5, 5.41) is 17.1. The molecule has 1 aliphatic rings. The zero-order chi connectivity index (χ0) is 7.72. The van der Waals surface area contributed by atoms with Crippen molar-refractivity contribution >= 4 is 5.91 Å². The van der Waals surface area contributed by atoms with E-state index >= 15 is 0 Å². The monoisotopic (exact) mass is 143 g/mol. The van der Waals surface area contributed by atoms with Gasteiger partial charge in [-0.15, -0.1) is 0 Å². The average Bonchev–Trinajstić information content (AvgIpc) is 2.14. The van der Waals surface area contributed by atoms with Crippen molar-refractivity contribution < 1.29 is 15.0 Å². The molecule has 0 aliphatic carbocycles. The summed E-state index contributed by atoms with van der Waals surface area (Å²) in [7, 11) is 1.62. The quantitative estimate of drug-likeness (QED) is 0.375. The third-order valence-electron chi connectivity index (χ3n) is 1.57. The van der Waals surface area contributed by atoms with Crippen molar-refractivity contribution in [2.24, 2.45) is 0 Å². The number of carbonyl (C=O) groups excluding carboxylic acids is 1. The number of hydrogen-bond donors (Lipinski definition) is 2. The normalized spacial score (nSPS) is 18.3. The second-order valence-corrected chi connectivity index (χ2v) is 2.28. The molecule has 1 fully saturated rings. The van der Waals surface area contributed by atoms with E-state index in [0.29, 0.717) is 13.0 Å². The summed E-state index contributed by atoms with van der Waals surface area (Å²) in [6.45, 7) is 0.568. The number of hydrogen-bond acceptors (Lipinski definition) is 3. The van der Waals surface area contributed by atoms with Crippen LogP contribution in [0.2, 0.25) is 0 Å². The predicted molar refractivity (Wildman–Crippen MR) is 34.5 cm³/mol. The van der Waals surface area contributed by atoms with Crippen LogP contribution < -0.4 is 0 Å². The molecule has 1 amide bonds. The van der Waals surface area contributed by atoms with Crippen molar-refractivity contribution in [1.82, 2.24) is 4.90 Å². The van der Waals surface area contributed by atoms with Crippen molar-refractivity contribution in [1.29, 1.82) is 0 Å². The van der Waals surface area contributed by atoms with Crippen molar-refractivity contribution in [3.63, 3.8) is 0 Å². The highest BCUT2D eigenvalue weighted by atomic mass is 16.5. The zero-order valence-corrected chi connectivity index (χ0v) is 5.66. The van der Waals surface area contributed by atoms with Gasteiger partial charge in [0, 0.05) is 20.0 Å². The van der Waals surface area contributed by atoms with E-state index in [-0.39, 0.29) is 11.5 Å². The van der Waals surface area contributed by atoms with Crippen LogP contribution in [0.3, 0.4) is 0 Å². The lowest BCUT2D eigenvalue weighted by Gasteiger charge is -2.03. The Hall–Kier alpha value is -1.19. The Morgan fingerprint density at radius 2 is 2.20 bits per heavy atom. The van der Waals surface area contributed by atoms with Gasteiger partial charge in [-0.25, -0.2) is 0 Å². The lowest BCUT2D eigenvalue weighted by molar-refractivity contribution is -0.124. The first kappa shape index (κ1) is 6.92. The van der Waals surface area contributed by atoms with Gasteiger partial charge >= 0.3 is 0 Å². The molecule has 10 heavy (non-hydrogen) atoms. The molecule has 0 atom stereocenters. The summed E-state index contributed by atoms with van der Waals surface area (Å²) in [5.74, 6) is -1.13. The van der Waals surface area contributed by atoms with E-state index in [1.807, 2.05) is 0 Å². The zero-order valence-electron chi connectivity index (χ0n) is 5.66. The Balaban J connectivity index is 2.86. The minimum atomic E-state index is -0.839. The Labute approximate surface area is 58.4 Å². The molecule has 0 spiro atoms. The molecule has 1 aliphatic heterocycles. The molecule has 0 radical (unpaired) electrons. The van der Waals surface area contributed by atoms with Gasteiger partial charge in [0.2, 0.25) is 0 Å². The third-order valence-corrected chi connectivity index (χ3v) is 1.57. The standard InChI is InChI=1S/C6H9NO3/c1-7-3-2-4(5(7)8)6(9)10/h9-10H,2-3H2,1H3. The summed E-state index contributed by atoms with van der Waals surface area (Å²) in [4.78, 5) is 12.3. The number of rotatable bonds is 0. The number of likely N-dealkylation sites (N-methyl/N-ethyl adjacent to an activating group) is 1. The highest BCUT2D eigenvalue weighted by molar-refractivity contribution is 5.95. The number of aliphatic hydroxyl groups excluding tert-OH is 1. The van der Waals surface area contributed by atoms with Crippen LogP contribution in [-0.4, -0.2) is 34.6 Å². The van der Waals surface area contributed by atoms with Crippen molar-refractivity contribution in [2.75, 3.05) is 13.6 Å². The van der Waals surface area contributed by atoms with Crippen LogP contribution >= 0.6 is 0 Å². The Bertz CT molecular complexity index is 193. The predicted octanol–water partition coefficient (Wildman–Crippen LogP) is 0.176. The fraction of sp³-hybridized carbons (Fsp3) is 0.500. The maximum atomic E-state index is 10.9. The summed E-state index contributed by atoms with van der Waals surface area (Å²) in [6, 6.07) is 0. The van der Waals surface area contributed by atoms with E-state index in [2.05, 4.69) is 0 Å². The lowest BCUT2D eigenvalue weighted by atomic mass is 10.2. The topological polar surface area (TPSA) is 60.8 Å². The molecule has 0 aromatic carbocycles. The summed E-state index contributed by atoms with van der Waals surface area (Å²) in [5.41, 5.74) is 0.113. The molecule has 0 bridgehead atoms. The summed E-state index contributed by atoms with van der Waals surface area (Å²) >= 11 is 0. The van der Waals surface area contributed by atoms with Gasteiger partial charge in [-0.2, -0.15) is 0 Å². The van der Waals surface area contributed by atoms with Gasteiger partial charge in [-0.05, 0) is 0 Å². The molecule has 56 valence electrons. The molecule has 0 unspecified atom stereocenters. The average molecular weight is 143 g/mol. The first-order valence-corrected chi connectivity index (χ1v) is 2.99. The van der Waals surface area contributed by atoms with Gasteiger partial charge in [0.15, 0.2) is 0 Å². The van der Waals surface area contributed by atoms with Gasteiger partial charge in [0.1, 0.15) is 0 Å². The van der Waals surface area contributed by atoms with Crippen LogP contribution in [0, 0.1) is 0 Å². The Kier molecular flexibility index (Phi) is 1.53. The van der Waals surface area contributed by atoms with Crippen LogP contribution in [0.5, 0.6) is 0 Å².